The first-order chi connectivity index (χ1) is 15.1. The van der Waals surface area contributed by atoms with Crippen LogP contribution in [0.3, 0.4) is 0 Å². The Balaban J connectivity index is 1.55. The Morgan fingerprint density at radius 1 is 1.13 bits per heavy atom. The number of imidazole rings is 1. The molecule has 1 atom stereocenters. The predicted octanol–water partition coefficient (Wildman–Crippen LogP) is 4.96. The van der Waals surface area contributed by atoms with Crippen molar-refractivity contribution in [2.24, 2.45) is 0 Å². The van der Waals surface area contributed by atoms with Crippen LogP contribution < -0.4 is 0 Å². The molecule has 1 aliphatic rings. The van der Waals surface area contributed by atoms with E-state index in [1.165, 1.54) is 0 Å². The normalized spacial score (nSPS) is 16.6. The number of fused-ring (bicyclic) bond motifs is 1. The first-order valence-electron chi connectivity index (χ1n) is 10.2. The zero-order valence-corrected chi connectivity index (χ0v) is 17.5. The van der Waals surface area contributed by atoms with Crippen LogP contribution in [0.4, 0.5) is 0 Å². The molecule has 6 nitrogen and oxygen atoms in total. The van der Waals surface area contributed by atoms with Crippen molar-refractivity contribution in [3.05, 3.63) is 95.4 Å². The number of hydrogen-bond donors (Lipinski definition) is 2. The molecule has 156 valence electrons. The first-order valence-corrected chi connectivity index (χ1v) is 10.5. The van der Waals surface area contributed by atoms with Gasteiger partial charge < -0.3 is 19.6 Å². The topological polar surface area (TPSA) is 74.2 Å². The van der Waals surface area contributed by atoms with Crippen molar-refractivity contribution in [2.45, 2.75) is 19.0 Å². The van der Waals surface area contributed by atoms with Crippen molar-refractivity contribution in [2.75, 3.05) is 6.54 Å². The van der Waals surface area contributed by atoms with Crippen LogP contribution in [-0.2, 0) is 11.3 Å². The first kappa shape index (κ1) is 19.5. The van der Waals surface area contributed by atoms with Gasteiger partial charge in [-0.2, -0.15) is 0 Å². The van der Waals surface area contributed by atoms with Gasteiger partial charge in [0.15, 0.2) is 5.76 Å². The standard InChI is InChI=1S/C24H21ClN4O2/c25-17-6-3-5-16(13-17)22-21(19-14-27-20-8-2-1-7-18(19)20)23(30)24(31)29(22)11-4-10-28-12-9-26-15-28/h1-3,5-9,12-15,22,27,30H,4,10-11H2. The molecule has 0 radical (unpaired) electrons. The van der Waals surface area contributed by atoms with E-state index in [1.807, 2.05) is 59.4 Å². The van der Waals surface area contributed by atoms with Crippen LogP contribution in [0.1, 0.15) is 23.6 Å². The highest BCUT2D eigenvalue weighted by Crippen LogP contribution is 2.45. The van der Waals surface area contributed by atoms with Gasteiger partial charge in [-0.25, -0.2) is 4.98 Å². The molecule has 0 saturated heterocycles. The van der Waals surface area contributed by atoms with Gasteiger partial charge in [0.2, 0.25) is 0 Å². The van der Waals surface area contributed by atoms with E-state index in [4.69, 9.17) is 11.6 Å². The Bertz CT molecular complexity index is 1280. The van der Waals surface area contributed by atoms with Crippen LogP contribution in [-0.4, -0.2) is 37.0 Å². The van der Waals surface area contributed by atoms with Crippen LogP contribution in [0.25, 0.3) is 16.5 Å². The Morgan fingerprint density at radius 3 is 2.81 bits per heavy atom. The maximum Gasteiger partial charge on any atom is 0.289 e. The van der Waals surface area contributed by atoms with Gasteiger partial charge in [-0.05, 0) is 30.2 Å². The Morgan fingerprint density at radius 2 is 2.00 bits per heavy atom. The summed E-state index contributed by atoms with van der Waals surface area (Å²) in [6.07, 6.45) is 7.97. The summed E-state index contributed by atoms with van der Waals surface area (Å²) in [7, 11) is 0. The van der Waals surface area contributed by atoms with Crippen molar-refractivity contribution < 1.29 is 9.90 Å². The molecule has 1 amide bonds. The van der Waals surface area contributed by atoms with E-state index in [2.05, 4.69) is 9.97 Å². The van der Waals surface area contributed by atoms with Gasteiger partial charge in [0.1, 0.15) is 0 Å². The van der Waals surface area contributed by atoms with Gasteiger partial charge in [0, 0.05) is 58.7 Å². The number of halogens is 1. The molecule has 2 aromatic carbocycles. The van der Waals surface area contributed by atoms with Crippen molar-refractivity contribution in [1.82, 2.24) is 19.4 Å². The maximum atomic E-state index is 13.2. The fraction of sp³-hybridized carbons (Fsp3) is 0.167. The van der Waals surface area contributed by atoms with E-state index in [9.17, 15) is 9.90 Å². The van der Waals surface area contributed by atoms with Crippen LogP contribution in [0.5, 0.6) is 0 Å². The van der Waals surface area contributed by atoms with Gasteiger partial charge in [-0.1, -0.05) is 41.9 Å². The minimum Gasteiger partial charge on any atom is -0.503 e. The van der Waals surface area contributed by atoms with Crippen LogP contribution in [0.2, 0.25) is 5.02 Å². The average molecular weight is 433 g/mol. The molecule has 1 unspecified atom stereocenters. The van der Waals surface area contributed by atoms with Crippen LogP contribution in [0.15, 0.2) is 79.2 Å². The Labute approximate surface area is 184 Å². The lowest BCUT2D eigenvalue weighted by Crippen LogP contribution is -2.31. The summed E-state index contributed by atoms with van der Waals surface area (Å²) in [5.41, 5.74) is 3.25. The zero-order chi connectivity index (χ0) is 21.4. The maximum absolute atomic E-state index is 13.2. The van der Waals surface area contributed by atoms with Crippen molar-refractivity contribution in [1.29, 1.82) is 0 Å². The largest absolute Gasteiger partial charge is 0.503 e. The fourth-order valence-electron chi connectivity index (χ4n) is 4.32. The predicted molar refractivity (Wildman–Crippen MR) is 121 cm³/mol. The van der Waals surface area contributed by atoms with E-state index in [1.54, 1.807) is 23.5 Å². The molecule has 0 saturated carbocycles. The third-order valence-corrected chi connectivity index (χ3v) is 5.96. The second kappa shape index (κ2) is 7.96. The number of para-hydroxylation sites is 1. The van der Waals surface area contributed by atoms with E-state index in [-0.39, 0.29) is 11.7 Å². The van der Waals surface area contributed by atoms with Crippen molar-refractivity contribution in [3.63, 3.8) is 0 Å². The SMILES string of the molecule is O=C1C(O)=C(c2c[nH]c3ccccc23)C(c2cccc(Cl)c2)N1CCCn1ccnc1. The molecule has 0 aliphatic carbocycles. The molecular formula is C24H21ClN4O2. The van der Waals surface area contributed by atoms with E-state index < -0.39 is 6.04 Å². The minimum atomic E-state index is -0.423. The number of H-pyrrole nitrogens is 1. The smallest absolute Gasteiger partial charge is 0.289 e. The number of hydrogen-bond acceptors (Lipinski definition) is 3. The molecular weight excluding hydrogens is 412 g/mol. The molecule has 0 fully saturated rings. The van der Waals surface area contributed by atoms with Gasteiger partial charge in [-0.15, -0.1) is 0 Å². The number of amides is 1. The fourth-order valence-corrected chi connectivity index (χ4v) is 4.52. The molecule has 3 heterocycles. The van der Waals surface area contributed by atoms with E-state index >= 15 is 0 Å². The number of nitrogens with zero attached hydrogens (tertiary/aromatic N) is 3. The Hall–Kier alpha value is -3.51. The monoisotopic (exact) mass is 432 g/mol. The number of rotatable bonds is 6. The summed E-state index contributed by atoms with van der Waals surface area (Å²) in [5.74, 6) is -0.576. The van der Waals surface area contributed by atoms with Crippen LogP contribution >= 0.6 is 11.6 Å². The molecule has 31 heavy (non-hydrogen) atoms. The highest BCUT2D eigenvalue weighted by Gasteiger charge is 2.41. The molecule has 2 N–H and O–H groups in total. The van der Waals surface area contributed by atoms with E-state index in [0.717, 1.165) is 35.0 Å². The van der Waals surface area contributed by atoms with Gasteiger partial charge in [0.05, 0.1) is 12.4 Å². The number of nitrogens with one attached hydrogen (secondary N) is 1. The van der Waals surface area contributed by atoms with Crippen molar-refractivity contribution in [3.8, 4) is 0 Å². The molecule has 1 aliphatic heterocycles. The highest BCUT2D eigenvalue weighted by atomic mass is 35.5. The summed E-state index contributed by atoms with van der Waals surface area (Å²) in [5, 5.41) is 12.5. The van der Waals surface area contributed by atoms with Gasteiger partial charge in [-0.3, -0.25) is 4.79 Å². The summed E-state index contributed by atoms with van der Waals surface area (Å²) >= 11 is 6.28. The quantitative estimate of drug-likeness (QED) is 0.452. The third-order valence-electron chi connectivity index (χ3n) is 5.72. The number of aromatic amines is 1. The second-order valence-corrected chi connectivity index (χ2v) is 8.06. The van der Waals surface area contributed by atoms with Crippen molar-refractivity contribution >= 4 is 34.0 Å². The molecule has 2 aromatic heterocycles. The number of aliphatic hydroxyl groups excluding tert-OH is 1. The lowest BCUT2D eigenvalue weighted by Gasteiger charge is -2.27. The lowest BCUT2D eigenvalue weighted by molar-refractivity contribution is -0.129. The summed E-state index contributed by atoms with van der Waals surface area (Å²) in [6.45, 7) is 1.22. The van der Waals surface area contributed by atoms with Gasteiger partial charge in [0.25, 0.3) is 5.91 Å². The highest BCUT2D eigenvalue weighted by molar-refractivity contribution is 6.30. The number of aryl methyl sites for hydroxylation is 1. The molecule has 5 rings (SSSR count). The summed E-state index contributed by atoms with van der Waals surface area (Å²) in [6, 6.07) is 14.9. The van der Waals surface area contributed by atoms with Crippen LogP contribution in [0, 0.1) is 0 Å². The summed E-state index contributed by atoms with van der Waals surface area (Å²) < 4.78 is 1.98. The average Bonchev–Trinajstić information content (AvgIpc) is 3.49. The lowest BCUT2D eigenvalue weighted by atomic mass is 9.93. The number of aliphatic hydroxyl groups is 1. The van der Waals surface area contributed by atoms with Gasteiger partial charge >= 0.3 is 0 Å². The Kier molecular flexibility index (Phi) is 5.00. The third kappa shape index (κ3) is 3.49. The second-order valence-electron chi connectivity index (χ2n) is 7.62. The minimum absolute atomic E-state index is 0.211. The molecule has 0 bridgehead atoms. The number of carbonyl (C=O) groups excluding carboxylic acids is 1. The number of aromatic nitrogens is 3. The summed E-state index contributed by atoms with van der Waals surface area (Å²) in [4.78, 5) is 22.2. The number of carbonyl (C=O) groups is 1. The van der Waals surface area contributed by atoms with E-state index in [0.29, 0.717) is 17.1 Å². The zero-order valence-electron chi connectivity index (χ0n) is 16.7. The molecule has 7 heteroatoms. The molecule has 4 aromatic rings. The number of benzene rings is 2. The molecule has 0 spiro atoms.